The van der Waals surface area contributed by atoms with Gasteiger partial charge in [0, 0.05) is 66.8 Å². The van der Waals surface area contributed by atoms with Crippen molar-refractivity contribution in [3.63, 3.8) is 0 Å². The molecule has 6 aromatic carbocycles. The molecule has 0 amide bonds. The third-order valence-corrected chi connectivity index (χ3v) is 29.1. The molecule has 0 spiro atoms. The number of H-pyrrole nitrogens is 4. The number of carbonyl (C=O) groups is 4. The number of aromatic amines is 4. The lowest BCUT2D eigenvalue weighted by Crippen LogP contribution is -2.24. The van der Waals surface area contributed by atoms with Crippen LogP contribution in [-0.4, -0.2) is 63.0 Å². The molecular formula is C124H144N8O4. The van der Waals surface area contributed by atoms with E-state index in [0.29, 0.717) is 73.1 Å². The normalized spacial score (nSPS) is 17.0. The Morgan fingerprint density at radius 2 is 0.507 bits per heavy atom. The zero-order valence-electron chi connectivity index (χ0n) is 87.9. The van der Waals surface area contributed by atoms with Gasteiger partial charge in [-0.2, -0.15) is 0 Å². The van der Waals surface area contributed by atoms with Crippen molar-refractivity contribution in [3.8, 4) is 66.8 Å². The Balaban J connectivity index is 1.21. The fourth-order valence-electron chi connectivity index (χ4n) is 20.2. The second kappa shape index (κ2) is 31.9. The first-order chi connectivity index (χ1) is 62.6. The number of hydrogen-bond acceptors (Lipinski definition) is 8. The van der Waals surface area contributed by atoms with Crippen LogP contribution in [0, 0.1) is 0 Å². The molecule has 1 aliphatic carbocycles. The quantitative estimate of drug-likeness (QED) is 0.127. The molecule has 7 aliphatic rings. The molecule has 12 heteroatoms. The summed E-state index contributed by atoms with van der Waals surface area (Å²) in [5.74, 6) is -7.72. The summed E-state index contributed by atoms with van der Waals surface area (Å²) in [5, 5.41) is 0. The van der Waals surface area contributed by atoms with Crippen LogP contribution in [0.1, 0.15) is 427 Å². The summed E-state index contributed by atoms with van der Waals surface area (Å²) in [7, 11) is 0. The summed E-state index contributed by atoms with van der Waals surface area (Å²) in [6.07, 6.45) is 8.42. The van der Waals surface area contributed by atoms with Crippen LogP contribution in [0.2, 0.25) is 0 Å². The van der Waals surface area contributed by atoms with Gasteiger partial charge in [0.1, 0.15) is 11.4 Å². The molecule has 12 nitrogen and oxygen atoms in total. The number of nitrogens with one attached hydrogen (secondary N) is 4. The molecule has 6 aliphatic heterocycles. The van der Waals surface area contributed by atoms with E-state index in [1.54, 1.807) is 6.07 Å². The highest BCUT2D eigenvalue weighted by atomic mass is 16.1. The fourth-order valence-corrected chi connectivity index (χ4v) is 20.2. The first-order valence-corrected chi connectivity index (χ1v) is 49.3. The minimum absolute atomic E-state index is 0.0148. The summed E-state index contributed by atoms with van der Waals surface area (Å²) in [6.45, 7) is 80.5. The van der Waals surface area contributed by atoms with E-state index in [4.69, 9.17) is 19.9 Å². The molecule has 0 saturated carbocycles. The Hall–Kier alpha value is -11.8. The van der Waals surface area contributed by atoms with Gasteiger partial charge in [0.15, 0.2) is 23.1 Å². The standard InChI is InChI=1S/C124H144N8O4/c1-113(2,3)71-45-65(46-72(57-71)114(4,5)6)94-84-38-37-83(125-84)63-91-100-101-104-96(67-49-75(117(13,14)15)59-76(50-67)118(16,17)18)88-42-40-86(127-88)95(66-47-73(115(7,8)9)58-74(48-66)116(10,11)12)87-41-43-89(128-87)97(68-51-77(119(19,20)21)60-78(52-68)120(22,23)24)105-102(110(134)93(131-105)64-92(130-104)109(101)133)103-106(98(90-44-39-85(94)126-90)69-53-79(121(25,26)27)61-80(54-69)122(28,29)30)132-108(112(103)136)99(107(129-91)111(100)135)70-55-81(123(31,32)33)62-82(56-70)124(34,35)36/h37-64,100-103,125,128,130,132H,1-36H3. The molecule has 10 aromatic rings. The van der Waals surface area contributed by atoms with Gasteiger partial charge in [-0.25, -0.2) is 19.9 Å². The number of aromatic nitrogens is 8. The van der Waals surface area contributed by atoms with Crippen LogP contribution in [-0.2, 0) is 65.0 Å². The molecule has 704 valence electrons. The Morgan fingerprint density at radius 1 is 0.228 bits per heavy atom. The third-order valence-electron chi connectivity index (χ3n) is 29.1. The van der Waals surface area contributed by atoms with Gasteiger partial charge in [-0.1, -0.05) is 358 Å². The Morgan fingerprint density at radius 3 is 0.846 bits per heavy atom. The number of nitrogens with zero attached hydrogens (tertiary/aromatic N) is 4. The highest BCUT2D eigenvalue weighted by molar-refractivity contribution is 6.20. The molecule has 10 heterocycles. The van der Waals surface area contributed by atoms with Crippen LogP contribution < -0.4 is 0 Å². The van der Waals surface area contributed by atoms with Crippen LogP contribution >= 0.6 is 0 Å². The molecule has 17 rings (SSSR count). The highest BCUT2D eigenvalue weighted by Crippen LogP contribution is 2.56. The number of benzene rings is 6. The van der Waals surface area contributed by atoms with E-state index >= 15 is 19.2 Å². The van der Waals surface area contributed by atoms with Crippen molar-refractivity contribution in [1.82, 2.24) is 39.9 Å². The lowest BCUT2D eigenvalue weighted by Gasteiger charge is -2.28. The van der Waals surface area contributed by atoms with E-state index in [0.717, 1.165) is 117 Å². The largest absolute Gasteiger partial charge is 0.355 e. The number of fused-ring (bicyclic) bond motifs is 22. The van der Waals surface area contributed by atoms with E-state index in [2.05, 4.69) is 421 Å². The molecule has 4 aromatic heterocycles. The number of carbonyl (C=O) groups excluding carboxylic acids is 4. The average molecular weight is 1810 g/mol. The molecule has 4 N–H and O–H groups in total. The first-order valence-electron chi connectivity index (χ1n) is 49.3. The summed E-state index contributed by atoms with van der Waals surface area (Å²) >= 11 is 0. The Kier molecular flexibility index (Phi) is 22.5. The van der Waals surface area contributed by atoms with Crippen LogP contribution in [0.5, 0.6) is 0 Å². The number of Topliss-reactive ketones (excluding diaryl/α,β-unsaturated/α-hetero) is 4. The van der Waals surface area contributed by atoms with E-state index in [1.807, 2.05) is 12.1 Å². The number of ketones is 4. The topological polar surface area (TPSA) is 183 Å². The van der Waals surface area contributed by atoms with Gasteiger partial charge in [-0.15, -0.1) is 0 Å². The van der Waals surface area contributed by atoms with E-state index < -0.39 is 90.1 Å². The maximum Gasteiger partial charge on any atom is 0.192 e. The lowest BCUT2D eigenvalue weighted by molar-refractivity contribution is 0.0873. The fraction of sp³-hybridized carbons (Fsp3) is 0.419. The molecule has 4 unspecified atom stereocenters. The Bertz CT molecular complexity index is 7100. The van der Waals surface area contributed by atoms with Gasteiger partial charge in [-0.05, 0) is 226 Å². The van der Waals surface area contributed by atoms with Gasteiger partial charge < -0.3 is 19.9 Å². The summed E-state index contributed by atoms with van der Waals surface area (Å²) in [6, 6.07) is 53.0. The second-order valence-electron chi connectivity index (χ2n) is 52.4. The van der Waals surface area contributed by atoms with Crippen molar-refractivity contribution >= 4 is 69.5 Å². The van der Waals surface area contributed by atoms with Crippen LogP contribution in [0.3, 0.4) is 0 Å². The number of rotatable bonds is 6. The lowest BCUT2D eigenvalue weighted by atomic mass is 9.74. The molecular weight excluding hydrogens is 1670 g/mol. The highest BCUT2D eigenvalue weighted by Gasteiger charge is 2.53. The summed E-state index contributed by atoms with van der Waals surface area (Å²) < 4.78 is 0. The molecule has 4 atom stereocenters. The first kappa shape index (κ1) is 95.9. The molecule has 0 saturated heterocycles. The average Bonchev–Trinajstić information content (AvgIpc) is 1.55. The van der Waals surface area contributed by atoms with Gasteiger partial charge in [0.2, 0.25) is 0 Å². The maximum atomic E-state index is 19.1. The molecule has 0 fully saturated rings. The van der Waals surface area contributed by atoms with Gasteiger partial charge in [0.05, 0.1) is 69.2 Å². The second-order valence-corrected chi connectivity index (χ2v) is 52.4. The van der Waals surface area contributed by atoms with E-state index in [-0.39, 0.29) is 55.7 Å². The van der Waals surface area contributed by atoms with Gasteiger partial charge in [0.25, 0.3) is 0 Å². The van der Waals surface area contributed by atoms with Crippen molar-refractivity contribution < 1.29 is 19.2 Å². The maximum absolute atomic E-state index is 19.1. The third kappa shape index (κ3) is 17.5. The number of hydrogen-bond donors (Lipinski definition) is 4. The zero-order chi connectivity index (χ0) is 99.2. The van der Waals surface area contributed by atoms with Gasteiger partial charge in [-0.3, -0.25) is 19.2 Å². The smallest absolute Gasteiger partial charge is 0.192 e. The van der Waals surface area contributed by atoms with E-state index in [1.165, 1.54) is 0 Å². The molecule has 20 bridgehead atoms. The van der Waals surface area contributed by atoms with Crippen molar-refractivity contribution in [1.29, 1.82) is 0 Å². The summed E-state index contributed by atoms with van der Waals surface area (Å²) in [4.78, 5) is 115. The Labute approximate surface area is 808 Å². The van der Waals surface area contributed by atoms with Crippen molar-refractivity contribution in [3.05, 3.63) is 281 Å². The van der Waals surface area contributed by atoms with Crippen molar-refractivity contribution in [2.24, 2.45) is 0 Å². The SMILES string of the molecule is CC(C)(C)c1cc(-c2c3nc4cc5ccc([nH]5)c(-c5cc(C(C)(C)C)cc(C(C)(C)C)c5)c5nc(c(-c6cc(C(C)(C)C)cc(C(C)(C)C)c6)c6[nH]c2C(=O)C6C2C(=O)c6cc7[nH]c(c(-c8cc(C(C)(C)C)cc(C(C)(C)C)c8)c8nc(c(-c9cc(C(C)(C)C)cc(C(C)(C)C)c9)c9ccc([nH]9)c(-c9cc(C(C)(C)C)cc(C(C)(C)C)c9)c2n6)C=C8)C(C7=O)C4C3=O)C=C5)cc(C(C)(C)C)c1. The van der Waals surface area contributed by atoms with Crippen molar-refractivity contribution in [2.75, 3.05) is 0 Å². The summed E-state index contributed by atoms with van der Waals surface area (Å²) in [5.41, 5.74) is 22.8. The van der Waals surface area contributed by atoms with Crippen molar-refractivity contribution in [2.45, 2.75) is 338 Å². The van der Waals surface area contributed by atoms with Crippen LogP contribution in [0.25, 0.3) is 113 Å². The predicted molar refractivity (Wildman–Crippen MR) is 568 cm³/mol. The monoisotopic (exact) mass is 1810 g/mol. The minimum atomic E-state index is -1.50. The molecule has 0 radical (unpaired) electrons. The minimum Gasteiger partial charge on any atom is -0.355 e. The predicted octanol–water partition coefficient (Wildman–Crippen LogP) is 31.9. The van der Waals surface area contributed by atoms with E-state index in [9.17, 15) is 0 Å². The van der Waals surface area contributed by atoms with Crippen LogP contribution in [0.4, 0.5) is 0 Å². The molecule has 136 heavy (non-hydrogen) atoms. The van der Waals surface area contributed by atoms with Gasteiger partial charge >= 0.3 is 0 Å². The van der Waals surface area contributed by atoms with Crippen LogP contribution in [0.15, 0.2) is 146 Å². The zero-order valence-corrected chi connectivity index (χ0v) is 87.9.